The van der Waals surface area contributed by atoms with Crippen LogP contribution < -0.4 is 10.1 Å². The lowest BCUT2D eigenvalue weighted by atomic mass is 10.1. The molecule has 7 nitrogen and oxygen atoms in total. The molecule has 0 radical (unpaired) electrons. The van der Waals surface area contributed by atoms with Crippen LogP contribution in [0.3, 0.4) is 0 Å². The fraction of sp³-hybridized carbons (Fsp3) is 0.400. The first-order chi connectivity index (χ1) is 15.7. The summed E-state index contributed by atoms with van der Waals surface area (Å²) in [5.74, 6) is -0.219. The number of hydrogen-bond donors (Lipinski definition) is 2. The van der Waals surface area contributed by atoms with Crippen LogP contribution >= 0.6 is 0 Å². The molecule has 4 rings (SSSR count). The second kappa shape index (κ2) is 10.9. The highest BCUT2D eigenvalue weighted by atomic mass is 16.5. The summed E-state index contributed by atoms with van der Waals surface area (Å²) >= 11 is 0. The predicted molar refractivity (Wildman–Crippen MR) is 126 cm³/mol. The number of aromatic nitrogens is 2. The monoisotopic (exact) mass is 434 g/mol. The van der Waals surface area contributed by atoms with E-state index in [1.165, 1.54) is 32.4 Å². The number of pyridine rings is 2. The van der Waals surface area contributed by atoms with Crippen molar-refractivity contribution in [2.75, 3.05) is 38.1 Å². The number of carboxylic acids is 1. The second-order valence-corrected chi connectivity index (χ2v) is 8.15. The molecule has 0 saturated carbocycles. The third kappa shape index (κ3) is 5.95. The maximum Gasteiger partial charge on any atom is 0.306 e. The topological polar surface area (TPSA) is 87.6 Å². The van der Waals surface area contributed by atoms with Crippen LogP contribution in [0, 0.1) is 0 Å². The summed E-state index contributed by atoms with van der Waals surface area (Å²) in [5, 5.41) is 13.4. The smallest absolute Gasteiger partial charge is 0.306 e. The van der Waals surface area contributed by atoms with Gasteiger partial charge in [-0.15, -0.1) is 0 Å². The summed E-state index contributed by atoms with van der Waals surface area (Å²) in [7, 11) is 0. The summed E-state index contributed by atoms with van der Waals surface area (Å²) < 4.78 is 5.49. The minimum atomic E-state index is -0.868. The van der Waals surface area contributed by atoms with Crippen molar-refractivity contribution < 1.29 is 14.6 Å². The van der Waals surface area contributed by atoms with E-state index in [2.05, 4.69) is 21.3 Å². The first-order valence-corrected chi connectivity index (χ1v) is 11.3. The van der Waals surface area contributed by atoms with Gasteiger partial charge in [-0.1, -0.05) is 6.42 Å². The van der Waals surface area contributed by atoms with Crippen molar-refractivity contribution >= 4 is 22.6 Å². The highest BCUT2D eigenvalue weighted by Crippen LogP contribution is 2.29. The summed E-state index contributed by atoms with van der Waals surface area (Å²) in [6, 6.07) is 11.6. The molecule has 1 aliphatic heterocycles. The van der Waals surface area contributed by atoms with E-state index in [1.807, 2.05) is 36.5 Å². The fourth-order valence-electron chi connectivity index (χ4n) is 4.05. The quantitative estimate of drug-likeness (QED) is 0.456. The number of hydrogen-bond acceptors (Lipinski definition) is 6. The maximum absolute atomic E-state index is 10.6. The summed E-state index contributed by atoms with van der Waals surface area (Å²) in [6.07, 6.45) is 8.71. The van der Waals surface area contributed by atoms with Gasteiger partial charge in [-0.25, -0.2) is 4.98 Å². The largest absolute Gasteiger partial charge is 0.493 e. The fourth-order valence-corrected chi connectivity index (χ4v) is 4.05. The van der Waals surface area contributed by atoms with Gasteiger partial charge in [0, 0.05) is 35.6 Å². The highest BCUT2D eigenvalue weighted by Gasteiger charge is 2.11. The van der Waals surface area contributed by atoms with E-state index < -0.39 is 5.97 Å². The predicted octanol–water partition coefficient (Wildman–Crippen LogP) is 4.44. The molecule has 32 heavy (non-hydrogen) atoms. The van der Waals surface area contributed by atoms with E-state index in [4.69, 9.17) is 14.8 Å². The van der Waals surface area contributed by atoms with Gasteiger partial charge in [-0.05, 0) is 75.3 Å². The molecule has 7 heteroatoms. The number of benzene rings is 1. The zero-order valence-corrected chi connectivity index (χ0v) is 18.3. The van der Waals surface area contributed by atoms with Crippen LogP contribution in [0.15, 0.2) is 48.8 Å². The van der Waals surface area contributed by atoms with E-state index in [9.17, 15) is 4.79 Å². The Hall–Kier alpha value is -3.19. The van der Waals surface area contributed by atoms with Crippen LogP contribution in [0.25, 0.3) is 22.2 Å². The number of aliphatic carboxylic acids is 1. The molecular weight excluding hydrogens is 404 g/mol. The molecule has 2 aromatic heterocycles. The molecule has 1 fully saturated rings. The first-order valence-electron chi connectivity index (χ1n) is 11.3. The average molecular weight is 435 g/mol. The molecule has 0 amide bonds. The van der Waals surface area contributed by atoms with Gasteiger partial charge in [-0.2, -0.15) is 0 Å². The molecular formula is C25H30N4O3. The van der Waals surface area contributed by atoms with Crippen LogP contribution in [0.1, 0.15) is 32.1 Å². The molecule has 168 valence electrons. The zero-order chi connectivity index (χ0) is 22.2. The minimum Gasteiger partial charge on any atom is -0.493 e. The summed E-state index contributed by atoms with van der Waals surface area (Å²) in [5.41, 5.74) is 3.79. The molecule has 0 atom stereocenters. The van der Waals surface area contributed by atoms with Gasteiger partial charge < -0.3 is 20.1 Å². The highest BCUT2D eigenvalue weighted by molar-refractivity contribution is 5.93. The number of rotatable bonds is 10. The van der Waals surface area contributed by atoms with Crippen LogP contribution in [0.2, 0.25) is 0 Å². The number of nitrogens with zero attached hydrogens (tertiary/aromatic N) is 3. The standard InChI is InChI=1S/C25H30N4O3/c30-25(31)10-16-32-20-7-5-19(6-8-20)23-17-24(21-18-26-12-9-22(21)28-23)27-11-4-15-29-13-2-1-3-14-29/h5-9,12,17-18H,1-4,10-11,13-16H2,(H,27,28)(H,30,31). The van der Waals surface area contributed by atoms with Crippen molar-refractivity contribution in [3.05, 3.63) is 48.8 Å². The van der Waals surface area contributed by atoms with Gasteiger partial charge in [0.2, 0.25) is 0 Å². The molecule has 1 saturated heterocycles. The molecule has 0 unspecified atom stereocenters. The Morgan fingerprint density at radius 2 is 1.94 bits per heavy atom. The number of carbonyl (C=O) groups is 1. The Bertz CT molecular complexity index is 1030. The Balaban J connectivity index is 1.44. The van der Waals surface area contributed by atoms with E-state index in [1.54, 1.807) is 6.20 Å². The van der Waals surface area contributed by atoms with Crippen molar-refractivity contribution in [2.45, 2.75) is 32.1 Å². The average Bonchev–Trinajstić information content (AvgIpc) is 2.82. The van der Waals surface area contributed by atoms with Gasteiger partial charge in [0.25, 0.3) is 0 Å². The number of fused-ring (bicyclic) bond motifs is 1. The number of ether oxygens (including phenoxy) is 1. The van der Waals surface area contributed by atoms with Gasteiger partial charge in [0.15, 0.2) is 0 Å². The van der Waals surface area contributed by atoms with Crippen molar-refractivity contribution in [3.8, 4) is 17.0 Å². The first kappa shape index (κ1) is 22.0. The molecule has 0 bridgehead atoms. The van der Waals surface area contributed by atoms with E-state index in [0.29, 0.717) is 5.75 Å². The van der Waals surface area contributed by atoms with Gasteiger partial charge >= 0.3 is 5.97 Å². The maximum atomic E-state index is 10.6. The van der Waals surface area contributed by atoms with Crippen molar-refractivity contribution in [1.29, 1.82) is 0 Å². The van der Waals surface area contributed by atoms with Crippen LogP contribution in [-0.4, -0.2) is 58.7 Å². The SMILES string of the molecule is O=C(O)CCOc1ccc(-c2cc(NCCCN3CCCCC3)c3cnccc3n2)cc1. The lowest BCUT2D eigenvalue weighted by molar-refractivity contribution is -0.137. The summed E-state index contributed by atoms with van der Waals surface area (Å²) in [4.78, 5) is 22.3. The molecule has 1 aromatic carbocycles. The second-order valence-electron chi connectivity index (χ2n) is 8.15. The van der Waals surface area contributed by atoms with Crippen molar-refractivity contribution in [1.82, 2.24) is 14.9 Å². The van der Waals surface area contributed by atoms with Gasteiger partial charge in [-0.3, -0.25) is 9.78 Å². The van der Waals surface area contributed by atoms with Gasteiger partial charge in [0.05, 0.1) is 24.2 Å². The van der Waals surface area contributed by atoms with Crippen LogP contribution in [0.5, 0.6) is 5.75 Å². The van der Waals surface area contributed by atoms with Crippen LogP contribution in [0.4, 0.5) is 5.69 Å². The molecule has 0 spiro atoms. The minimum absolute atomic E-state index is 0.0190. The van der Waals surface area contributed by atoms with Crippen LogP contribution in [-0.2, 0) is 4.79 Å². The lowest BCUT2D eigenvalue weighted by Gasteiger charge is -2.26. The van der Waals surface area contributed by atoms with E-state index >= 15 is 0 Å². The number of likely N-dealkylation sites (tertiary alicyclic amines) is 1. The summed E-state index contributed by atoms with van der Waals surface area (Å²) in [6.45, 7) is 4.64. The van der Waals surface area contributed by atoms with Crippen molar-refractivity contribution in [2.24, 2.45) is 0 Å². The van der Waals surface area contributed by atoms with E-state index in [0.717, 1.165) is 47.4 Å². The molecule has 1 aliphatic rings. The number of piperidine rings is 1. The molecule has 2 N–H and O–H groups in total. The normalized spacial score (nSPS) is 14.4. The van der Waals surface area contributed by atoms with E-state index in [-0.39, 0.29) is 13.0 Å². The number of anilines is 1. The Morgan fingerprint density at radius 3 is 2.72 bits per heavy atom. The third-order valence-corrected chi connectivity index (χ3v) is 5.76. The Kier molecular flexibility index (Phi) is 7.51. The Labute approximate surface area is 188 Å². The Morgan fingerprint density at radius 1 is 1.12 bits per heavy atom. The zero-order valence-electron chi connectivity index (χ0n) is 18.3. The number of nitrogens with one attached hydrogen (secondary N) is 1. The molecule has 3 heterocycles. The molecule has 3 aromatic rings. The van der Waals surface area contributed by atoms with Crippen molar-refractivity contribution in [3.63, 3.8) is 0 Å². The molecule has 0 aliphatic carbocycles. The number of carboxylic acid groups (broad SMARTS) is 1. The lowest BCUT2D eigenvalue weighted by Crippen LogP contribution is -2.31. The third-order valence-electron chi connectivity index (χ3n) is 5.76. The van der Waals surface area contributed by atoms with Gasteiger partial charge in [0.1, 0.15) is 5.75 Å².